The van der Waals surface area contributed by atoms with Crippen molar-refractivity contribution in [2.75, 3.05) is 0 Å². The molecule has 0 bridgehead atoms. The molecule has 0 heterocycles. The zero-order valence-electron chi connectivity index (χ0n) is 7.17. The van der Waals surface area contributed by atoms with Gasteiger partial charge in [0.2, 0.25) is 5.91 Å². The van der Waals surface area contributed by atoms with Crippen molar-refractivity contribution in [3.05, 3.63) is 45.5 Å². The van der Waals surface area contributed by atoms with Crippen molar-refractivity contribution in [2.24, 2.45) is 5.73 Å². The largest absolute Gasteiger partial charge is 0.366 e. The van der Waals surface area contributed by atoms with Gasteiger partial charge in [-0.05, 0) is 11.6 Å². The molecule has 0 saturated heterocycles. The highest BCUT2D eigenvalue weighted by Crippen LogP contribution is 2.09. The second kappa shape index (κ2) is 4.22. The van der Waals surface area contributed by atoms with Crippen LogP contribution in [0.5, 0.6) is 0 Å². The first-order valence-electron chi connectivity index (χ1n) is 3.76. The van der Waals surface area contributed by atoms with E-state index in [0.717, 1.165) is 0 Å². The lowest BCUT2D eigenvalue weighted by Gasteiger charge is -2.04. The van der Waals surface area contributed by atoms with Gasteiger partial charge in [-0.3, -0.25) is 4.79 Å². The highest BCUT2D eigenvalue weighted by molar-refractivity contribution is 5.94. The SMILES string of the molecule is NC(=O)c1ccccc1CO[N+](=O)[O-]. The van der Waals surface area contributed by atoms with Crippen LogP contribution in [0.2, 0.25) is 0 Å². The monoisotopic (exact) mass is 196 g/mol. The first kappa shape index (κ1) is 9.97. The highest BCUT2D eigenvalue weighted by atomic mass is 16.9. The molecule has 6 nitrogen and oxygen atoms in total. The van der Waals surface area contributed by atoms with Gasteiger partial charge in [-0.2, -0.15) is 0 Å². The van der Waals surface area contributed by atoms with Gasteiger partial charge >= 0.3 is 0 Å². The van der Waals surface area contributed by atoms with Gasteiger partial charge in [-0.1, -0.05) is 18.2 Å². The third-order valence-corrected chi connectivity index (χ3v) is 1.61. The van der Waals surface area contributed by atoms with Crippen LogP contribution in [0.3, 0.4) is 0 Å². The van der Waals surface area contributed by atoms with Crippen LogP contribution in [0.25, 0.3) is 0 Å². The summed E-state index contributed by atoms with van der Waals surface area (Å²) in [6, 6.07) is 6.30. The summed E-state index contributed by atoms with van der Waals surface area (Å²) in [6.45, 7) is -0.272. The number of carbonyl (C=O) groups is 1. The highest BCUT2D eigenvalue weighted by Gasteiger charge is 2.07. The van der Waals surface area contributed by atoms with Crippen LogP contribution in [-0.4, -0.2) is 11.0 Å². The summed E-state index contributed by atoms with van der Waals surface area (Å²) in [7, 11) is 0. The molecule has 0 aliphatic rings. The van der Waals surface area contributed by atoms with Crippen LogP contribution in [0, 0.1) is 10.1 Å². The van der Waals surface area contributed by atoms with E-state index in [4.69, 9.17) is 5.73 Å². The van der Waals surface area contributed by atoms with E-state index < -0.39 is 11.0 Å². The van der Waals surface area contributed by atoms with Crippen molar-refractivity contribution in [2.45, 2.75) is 6.61 Å². The molecule has 0 saturated carbocycles. The Morgan fingerprint density at radius 3 is 2.71 bits per heavy atom. The van der Waals surface area contributed by atoms with E-state index in [1.54, 1.807) is 18.2 Å². The zero-order chi connectivity index (χ0) is 10.6. The van der Waals surface area contributed by atoms with E-state index in [0.29, 0.717) is 5.56 Å². The molecule has 74 valence electrons. The van der Waals surface area contributed by atoms with Crippen LogP contribution in [0.4, 0.5) is 0 Å². The number of hydrogen-bond acceptors (Lipinski definition) is 4. The summed E-state index contributed by atoms with van der Waals surface area (Å²) in [4.78, 5) is 24.9. The Morgan fingerprint density at radius 1 is 1.50 bits per heavy atom. The first-order valence-corrected chi connectivity index (χ1v) is 3.76. The van der Waals surface area contributed by atoms with Crippen LogP contribution < -0.4 is 5.73 Å². The predicted molar refractivity (Wildman–Crippen MR) is 46.7 cm³/mol. The van der Waals surface area contributed by atoms with E-state index in [9.17, 15) is 14.9 Å². The molecule has 0 spiro atoms. The Kier molecular flexibility index (Phi) is 3.01. The minimum absolute atomic E-state index is 0.231. The van der Waals surface area contributed by atoms with Crippen LogP contribution in [-0.2, 0) is 11.4 Å². The third kappa shape index (κ3) is 2.44. The van der Waals surface area contributed by atoms with Crippen molar-refractivity contribution in [1.29, 1.82) is 0 Å². The number of benzene rings is 1. The lowest BCUT2D eigenvalue weighted by Crippen LogP contribution is -2.14. The molecule has 0 atom stereocenters. The first-order chi connectivity index (χ1) is 6.61. The summed E-state index contributed by atoms with van der Waals surface area (Å²) in [5, 5.41) is 9.00. The normalized spacial score (nSPS) is 9.43. The van der Waals surface area contributed by atoms with Crippen LogP contribution in [0.15, 0.2) is 24.3 Å². The number of rotatable bonds is 4. The fourth-order valence-electron chi connectivity index (χ4n) is 1.01. The molecule has 0 fully saturated rings. The minimum Gasteiger partial charge on any atom is -0.366 e. The number of primary amides is 1. The molecule has 0 radical (unpaired) electrons. The molecule has 2 N–H and O–H groups in total. The van der Waals surface area contributed by atoms with Gasteiger partial charge in [0.1, 0.15) is 6.61 Å². The molecule has 1 aromatic rings. The topological polar surface area (TPSA) is 95.5 Å². The summed E-state index contributed by atoms with van der Waals surface area (Å²) in [5.41, 5.74) is 5.69. The number of nitrogens with zero attached hydrogens (tertiary/aromatic N) is 1. The maximum atomic E-state index is 10.9. The van der Waals surface area contributed by atoms with Crippen LogP contribution >= 0.6 is 0 Å². The molecule has 1 rings (SSSR count). The minimum atomic E-state index is -0.919. The van der Waals surface area contributed by atoms with Crippen molar-refractivity contribution >= 4 is 5.91 Å². The second-order valence-electron chi connectivity index (χ2n) is 2.52. The Bertz CT molecular complexity index is 364. The zero-order valence-corrected chi connectivity index (χ0v) is 7.17. The maximum absolute atomic E-state index is 10.9. The summed E-state index contributed by atoms with van der Waals surface area (Å²) < 4.78 is 0. The number of carbonyl (C=O) groups excluding carboxylic acids is 1. The Morgan fingerprint density at radius 2 is 2.14 bits per heavy atom. The summed E-state index contributed by atoms with van der Waals surface area (Å²) >= 11 is 0. The van der Waals surface area contributed by atoms with Crippen molar-refractivity contribution in [3.63, 3.8) is 0 Å². The van der Waals surface area contributed by atoms with Gasteiger partial charge in [0.05, 0.1) is 0 Å². The molecule has 1 amide bonds. The summed E-state index contributed by atoms with van der Waals surface area (Å²) in [6.07, 6.45) is 0. The average molecular weight is 196 g/mol. The summed E-state index contributed by atoms with van der Waals surface area (Å²) in [5.74, 6) is -0.632. The van der Waals surface area contributed by atoms with Crippen molar-refractivity contribution < 1.29 is 14.7 Å². The van der Waals surface area contributed by atoms with E-state index >= 15 is 0 Å². The molecule has 0 aliphatic heterocycles. The van der Waals surface area contributed by atoms with Crippen molar-refractivity contribution in [3.8, 4) is 0 Å². The van der Waals surface area contributed by atoms with Crippen LogP contribution in [0.1, 0.15) is 15.9 Å². The lowest BCUT2D eigenvalue weighted by molar-refractivity contribution is -0.763. The number of amides is 1. The van der Waals surface area contributed by atoms with E-state index in [1.165, 1.54) is 6.07 Å². The fraction of sp³-hybridized carbons (Fsp3) is 0.125. The number of hydrogen-bond donors (Lipinski definition) is 1. The molecule has 6 heteroatoms. The van der Waals surface area contributed by atoms with Crippen molar-refractivity contribution in [1.82, 2.24) is 0 Å². The molecular weight excluding hydrogens is 188 g/mol. The van der Waals surface area contributed by atoms with Gasteiger partial charge in [-0.15, -0.1) is 10.1 Å². The molecule has 0 unspecified atom stereocenters. The van der Waals surface area contributed by atoms with Gasteiger partial charge in [0.25, 0.3) is 5.09 Å². The molecule has 0 aliphatic carbocycles. The maximum Gasteiger partial charge on any atom is 0.294 e. The third-order valence-electron chi connectivity index (χ3n) is 1.61. The van der Waals surface area contributed by atoms with Gasteiger partial charge in [0, 0.05) is 5.56 Å². The predicted octanol–water partition coefficient (Wildman–Crippen LogP) is 0.494. The molecule has 0 aromatic heterocycles. The van der Waals surface area contributed by atoms with E-state index in [-0.39, 0.29) is 12.2 Å². The lowest BCUT2D eigenvalue weighted by atomic mass is 10.1. The van der Waals surface area contributed by atoms with E-state index in [1.807, 2.05) is 0 Å². The molecular formula is C8H8N2O4. The molecule has 14 heavy (non-hydrogen) atoms. The standard InChI is InChI=1S/C8H8N2O4/c9-8(11)7-4-2-1-3-6(7)5-14-10(12)13/h1-4H,5H2,(H2,9,11). The van der Waals surface area contributed by atoms with Gasteiger partial charge in [-0.25, -0.2) is 0 Å². The Labute approximate surface area is 79.4 Å². The Balaban J connectivity index is 2.84. The van der Waals surface area contributed by atoms with Gasteiger partial charge < -0.3 is 10.6 Å². The number of nitrogens with two attached hydrogens (primary N) is 1. The Hall–Kier alpha value is -2.11. The average Bonchev–Trinajstić information content (AvgIpc) is 2.15. The smallest absolute Gasteiger partial charge is 0.294 e. The fourth-order valence-corrected chi connectivity index (χ4v) is 1.01. The molecule has 1 aromatic carbocycles. The second-order valence-corrected chi connectivity index (χ2v) is 2.52. The van der Waals surface area contributed by atoms with E-state index in [2.05, 4.69) is 4.84 Å². The van der Waals surface area contributed by atoms with Gasteiger partial charge in [0.15, 0.2) is 0 Å². The quantitative estimate of drug-likeness (QED) is 0.560.